The van der Waals surface area contributed by atoms with Crippen LogP contribution in [0.4, 0.5) is 0 Å². The van der Waals surface area contributed by atoms with E-state index in [2.05, 4.69) is 23.8 Å². The second kappa shape index (κ2) is 6.65. The van der Waals surface area contributed by atoms with Crippen LogP contribution < -0.4 is 0 Å². The average molecular weight is 208 g/mol. The summed E-state index contributed by atoms with van der Waals surface area (Å²) in [7, 11) is 0. The summed E-state index contributed by atoms with van der Waals surface area (Å²) in [5.74, 6) is 1.05. The highest BCUT2D eigenvalue weighted by molar-refractivity contribution is 5.12. The number of rotatable bonds is 7. The SMILES string of the molecule is CCCCCCCCc1nc(C)[nH]c1C. The van der Waals surface area contributed by atoms with Crippen molar-refractivity contribution in [2.24, 2.45) is 0 Å². The molecule has 1 rings (SSSR count). The molecule has 0 spiro atoms. The Morgan fingerprint density at radius 1 is 1.00 bits per heavy atom. The second-order valence-corrected chi connectivity index (χ2v) is 4.41. The number of aromatic nitrogens is 2. The first kappa shape index (κ1) is 12.3. The van der Waals surface area contributed by atoms with Crippen LogP contribution in [0.1, 0.15) is 62.7 Å². The van der Waals surface area contributed by atoms with Gasteiger partial charge in [-0.15, -0.1) is 0 Å². The highest BCUT2D eigenvalue weighted by Gasteiger charge is 2.02. The summed E-state index contributed by atoms with van der Waals surface area (Å²) in [4.78, 5) is 7.75. The lowest BCUT2D eigenvalue weighted by Crippen LogP contribution is -1.89. The van der Waals surface area contributed by atoms with Crippen molar-refractivity contribution in [2.75, 3.05) is 0 Å². The predicted octanol–water partition coefficient (Wildman–Crippen LogP) is 3.93. The molecule has 1 heterocycles. The van der Waals surface area contributed by atoms with Crippen molar-refractivity contribution in [1.82, 2.24) is 9.97 Å². The minimum absolute atomic E-state index is 1.05. The lowest BCUT2D eigenvalue weighted by Gasteiger charge is -1.99. The third-order valence-corrected chi connectivity index (χ3v) is 2.87. The van der Waals surface area contributed by atoms with Crippen LogP contribution in [0.2, 0.25) is 0 Å². The molecule has 2 heteroatoms. The molecule has 0 unspecified atom stereocenters. The third-order valence-electron chi connectivity index (χ3n) is 2.87. The third kappa shape index (κ3) is 4.50. The van der Waals surface area contributed by atoms with Crippen LogP contribution in [-0.2, 0) is 6.42 Å². The van der Waals surface area contributed by atoms with Gasteiger partial charge in [0.2, 0.25) is 0 Å². The number of aryl methyl sites for hydroxylation is 3. The summed E-state index contributed by atoms with van der Waals surface area (Å²) < 4.78 is 0. The molecule has 86 valence electrons. The van der Waals surface area contributed by atoms with Gasteiger partial charge in [-0.3, -0.25) is 0 Å². The number of H-pyrrole nitrogens is 1. The normalized spacial score (nSPS) is 10.9. The molecular weight excluding hydrogens is 184 g/mol. The number of hydrogen-bond donors (Lipinski definition) is 1. The Kier molecular flexibility index (Phi) is 5.44. The Balaban J connectivity index is 2.12. The number of hydrogen-bond acceptors (Lipinski definition) is 1. The van der Waals surface area contributed by atoms with E-state index in [1.54, 1.807) is 0 Å². The summed E-state index contributed by atoms with van der Waals surface area (Å²) in [6, 6.07) is 0. The molecule has 0 atom stereocenters. The minimum Gasteiger partial charge on any atom is -0.346 e. The number of imidazole rings is 1. The van der Waals surface area contributed by atoms with Crippen molar-refractivity contribution in [1.29, 1.82) is 0 Å². The molecule has 0 amide bonds. The minimum atomic E-state index is 1.05. The van der Waals surface area contributed by atoms with Crippen LogP contribution in [0.5, 0.6) is 0 Å². The number of nitrogens with zero attached hydrogens (tertiary/aromatic N) is 1. The quantitative estimate of drug-likeness (QED) is 0.676. The lowest BCUT2D eigenvalue weighted by atomic mass is 10.1. The fourth-order valence-electron chi connectivity index (χ4n) is 1.97. The summed E-state index contributed by atoms with van der Waals surface area (Å²) in [5, 5.41) is 0. The van der Waals surface area contributed by atoms with Crippen molar-refractivity contribution in [3.63, 3.8) is 0 Å². The van der Waals surface area contributed by atoms with Crippen LogP contribution in [0.25, 0.3) is 0 Å². The Morgan fingerprint density at radius 3 is 2.27 bits per heavy atom. The second-order valence-electron chi connectivity index (χ2n) is 4.41. The zero-order chi connectivity index (χ0) is 11.1. The van der Waals surface area contributed by atoms with Crippen LogP contribution in [-0.4, -0.2) is 9.97 Å². The van der Waals surface area contributed by atoms with Crippen LogP contribution >= 0.6 is 0 Å². The molecule has 0 aliphatic heterocycles. The van der Waals surface area contributed by atoms with Gasteiger partial charge in [0.05, 0.1) is 5.69 Å². The predicted molar refractivity (Wildman–Crippen MR) is 65.1 cm³/mol. The summed E-state index contributed by atoms with van der Waals surface area (Å²) in [5.41, 5.74) is 2.52. The Morgan fingerprint density at radius 2 is 1.67 bits per heavy atom. The van der Waals surface area contributed by atoms with Crippen LogP contribution in [0, 0.1) is 13.8 Å². The fourth-order valence-corrected chi connectivity index (χ4v) is 1.97. The maximum absolute atomic E-state index is 4.49. The summed E-state index contributed by atoms with van der Waals surface area (Å²) in [6.45, 7) is 6.40. The van der Waals surface area contributed by atoms with Crippen LogP contribution in [0.15, 0.2) is 0 Å². The lowest BCUT2D eigenvalue weighted by molar-refractivity contribution is 0.604. The van der Waals surface area contributed by atoms with Crippen molar-refractivity contribution >= 4 is 0 Å². The van der Waals surface area contributed by atoms with Gasteiger partial charge in [0.1, 0.15) is 5.82 Å². The largest absolute Gasteiger partial charge is 0.346 e. The van der Waals surface area contributed by atoms with Gasteiger partial charge in [0.15, 0.2) is 0 Å². The molecule has 0 aliphatic carbocycles. The Hall–Kier alpha value is -0.790. The van der Waals surface area contributed by atoms with Crippen molar-refractivity contribution in [2.45, 2.75) is 65.7 Å². The van der Waals surface area contributed by atoms with E-state index in [4.69, 9.17) is 0 Å². The zero-order valence-corrected chi connectivity index (χ0v) is 10.4. The van der Waals surface area contributed by atoms with E-state index >= 15 is 0 Å². The smallest absolute Gasteiger partial charge is 0.103 e. The first-order valence-electron chi connectivity index (χ1n) is 6.26. The monoisotopic (exact) mass is 208 g/mol. The molecule has 0 bridgehead atoms. The zero-order valence-electron chi connectivity index (χ0n) is 10.4. The van der Waals surface area contributed by atoms with Crippen molar-refractivity contribution < 1.29 is 0 Å². The molecule has 0 fully saturated rings. The van der Waals surface area contributed by atoms with E-state index in [1.807, 2.05) is 6.92 Å². The number of nitrogens with one attached hydrogen (secondary N) is 1. The molecule has 1 N–H and O–H groups in total. The molecular formula is C13H24N2. The van der Waals surface area contributed by atoms with Gasteiger partial charge in [-0.2, -0.15) is 0 Å². The topological polar surface area (TPSA) is 28.7 Å². The Labute approximate surface area is 93.5 Å². The molecule has 0 saturated heterocycles. The molecule has 1 aromatic heterocycles. The van der Waals surface area contributed by atoms with E-state index in [9.17, 15) is 0 Å². The van der Waals surface area contributed by atoms with E-state index in [0.717, 1.165) is 12.2 Å². The van der Waals surface area contributed by atoms with E-state index in [0.29, 0.717) is 0 Å². The maximum Gasteiger partial charge on any atom is 0.103 e. The highest BCUT2D eigenvalue weighted by Crippen LogP contribution is 2.11. The van der Waals surface area contributed by atoms with E-state index < -0.39 is 0 Å². The molecule has 1 aromatic rings. The van der Waals surface area contributed by atoms with Gasteiger partial charge in [-0.1, -0.05) is 39.0 Å². The molecule has 15 heavy (non-hydrogen) atoms. The van der Waals surface area contributed by atoms with Crippen molar-refractivity contribution in [3.05, 3.63) is 17.2 Å². The van der Waals surface area contributed by atoms with E-state index in [1.165, 1.54) is 49.9 Å². The Bertz CT molecular complexity index is 276. The van der Waals surface area contributed by atoms with Gasteiger partial charge >= 0.3 is 0 Å². The maximum atomic E-state index is 4.49. The summed E-state index contributed by atoms with van der Waals surface area (Å²) in [6.07, 6.45) is 9.28. The van der Waals surface area contributed by atoms with Gasteiger partial charge in [-0.05, 0) is 26.7 Å². The van der Waals surface area contributed by atoms with Crippen LogP contribution in [0.3, 0.4) is 0 Å². The van der Waals surface area contributed by atoms with Gasteiger partial charge in [0.25, 0.3) is 0 Å². The number of aromatic amines is 1. The molecule has 0 aliphatic rings. The highest BCUT2D eigenvalue weighted by atomic mass is 14.9. The van der Waals surface area contributed by atoms with Gasteiger partial charge in [-0.25, -0.2) is 4.98 Å². The van der Waals surface area contributed by atoms with Crippen molar-refractivity contribution in [3.8, 4) is 0 Å². The number of unbranched alkanes of at least 4 members (excludes halogenated alkanes) is 5. The van der Waals surface area contributed by atoms with E-state index in [-0.39, 0.29) is 0 Å². The van der Waals surface area contributed by atoms with Gasteiger partial charge in [0, 0.05) is 5.69 Å². The molecule has 2 nitrogen and oxygen atoms in total. The molecule has 0 radical (unpaired) electrons. The summed E-state index contributed by atoms with van der Waals surface area (Å²) >= 11 is 0. The first-order valence-corrected chi connectivity index (χ1v) is 6.26. The first-order chi connectivity index (χ1) is 7.24. The molecule has 0 saturated carbocycles. The average Bonchev–Trinajstić information content (AvgIpc) is 2.51. The molecule has 0 aromatic carbocycles. The fraction of sp³-hybridized carbons (Fsp3) is 0.769. The standard InChI is InChI=1S/C13H24N2/c1-4-5-6-7-8-9-10-13-11(2)14-12(3)15-13/h4-10H2,1-3H3,(H,14,15). The van der Waals surface area contributed by atoms with Gasteiger partial charge < -0.3 is 4.98 Å².